The third-order valence-electron chi connectivity index (χ3n) is 3.08. The van der Waals surface area contributed by atoms with Crippen LogP contribution in [0.4, 0.5) is 0 Å². The quantitative estimate of drug-likeness (QED) is 0.609. The predicted molar refractivity (Wildman–Crippen MR) is 52.8 cm³/mol. The van der Waals surface area contributed by atoms with E-state index in [1.54, 1.807) is 4.90 Å². The Balaban J connectivity index is 1.87. The van der Waals surface area contributed by atoms with Crippen LogP contribution in [-0.4, -0.2) is 47.7 Å². The number of nitrogens with zero attached hydrogens (tertiary/aromatic N) is 1. The van der Waals surface area contributed by atoms with Crippen molar-refractivity contribution in [1.29, 1.82) is 0 Å². The van der Waals surface area contributed by atoms with Crippen molar-refractivity contribution in [2.75, 3.05) is 19.6 Å². The topological polar surface area (TPSA) is 52.6 Å². The fraction of sp³-hybridized carbons (Fsp3) is 0.900. The number of hydrogen-bond donors (Lipinski definition) is 2. The molecule has 2 rings (SSSR count). The van der Waals surface area contributed by atoms with E-state index in [1.165, 1.54) is 6.42 Å². The summed E-state index contributed by atoms with van der Waals surface area (Å²) in [5.74, 6) is 0.182. The first-order chi connectivity index (χ1) is 6.77. The lowest BCUT2D eigenvalue weighted by molar-refractivity contribution is -0.133. The van der Waals surface area contributed by atoms with Gasteiger partial charge >= 0.3 is 0 Å². The molecule has 2 heterocycles. The molecule has 80 valence electrons. The number of piperidine rings is 1. The van der Waals surface area contributed by atoms with Crippen LogP contribution in [-0.2, 0) is 4.79 Å². The van der Waals surface area contributed by atoms with Crippen LogP contribution >= 0.6 is 0 Å². The van der Waals surface area contributed by atoms with E-state index in [1.807, 2.05) is 0 Å². The van der Waals surface area contributed by atoms with Gasteiger partial charge < -0.3 is 15.3 Å². The Kier molecular flexibility index (Phi) is 3.03. The van der Waals surface area contributed by atoms with Crippen LogP contribution < -0.4 is 5.32 Å². The van der Waals surface area contributed by atoms with Crippen molar-refractivity contribution in [2.24, 2.45) is 0 Å². The minimum absolute atomic E-state index is 0.00838. The van der Waals surface area contributed by atoms with Gasteiger partial charge in [-0.15, -0.1) is 0 Å². The van der Waals surface area contributed by atoms with Crippen LogP contribution in [0, 0.1) is 0 Å². The second kappa shape index (κ2) is 4.28. The van der Waals surface area contributed by atoms with E-state index < -0.39 is 0 Å². The summed E-state index contributed by atoms with van der Waals surface area (Å²) in [4.78, 5) is 13.7. The fourth-order valence-electron chi connectivity index (χ4n) is 2.22. The zero-order valence-corrected chi connectivity index (χ0v) is 8.41. The van der Waals surface area contributed by atoms with Gasteiger partial charge in [0, 0.05) is 13.1 Å². The van der Waals surface area contributed by atoms with Gasteiger partial charge in [-0.1, -0.05) is 6.42 Å². The second-order valence-electron chi connectivity index (χ2n) is 4.23. The van der Waals surface area contributed by atoms with Crippen LogP contribution in [0.1, 0.15) is 25.7 Å². The minimum atomic E-state index is -0.303. The number of likely N-dealkylation sites (tertiary alicyclic amines) is 1. The van der Waals surface area contributed by atoms with Crippen molar-refractivity contribution in [1.82, 2.24) is 10.2 Å². The molecule has 14 heavy (non-hydrogen) atoms. The average Bonchev–Trinajstić information content (AvgIpc) is 2.65. The van der Waals surface area contributed by atoms with Crippen LogP contribution in [0.5, 0.6) is 0 Å². The second-order valence-corrected chi connectivity index (χ2v) is 4.23. The highest BCUT2D eigenvalue weighted by Crippen LogP contribution is 2.14. The molecule has 0 aromatic heterocycles. The van der Waals surface area contributed by atoms with Crippen LogP contribution in [0.15, 0.2) is 0 Å². The number of aliphatic hydroxyl groups excluding tert-OH is 1. The Bertz CT molecular complexity index is 207. The maximum Gasteiger partial charge on any atom is 0.239 e. The molecule has 2 aliphatic heterocycles. The largest absolute Gasteiger partial charge is 0.391 e. The normalized spacial score (nSPS) is 33.4. The molecule has 2 fully saturated rings. The summed E-state index contributed by atoms with van der Waals surface area (Å²) in [6.07, 6.45) is 3.69. The zero-order valence-electron chi connectivity index (χ0n) is 8.41. The number of hydrogen-bond acceptors (Lipinski definition) is 3. The van der Waals surface area contributed by atoms with Gasteiger partial charge in [0.1, 0.15) is 0 Å². The Labute approximate surface area is 84.3 Å². The molecule has 2 N–H and O–H groups in total. The summed E-state index contributed by atoms with van der Waals surface area (Å²) in [6.45, 7) is 2.20. The van der Waals surface area contributed by atoms with Crippen molar-refractivity contribution < 1.29 is 9.90 Å². The minimum Gasteiger partial charge on any atom is -0.391 e. The molecule has 2 atom stereocenters. The molecule has 0 aromatic rings. The first kappa shape index (κ1) is 9.93. The third kappa shape index (κ3) is 2.07. The lowest BCUT2D eigenvalue weighted by Gasteiger charge is -2.27. The van der Waals surface area contributed by atoms with Gasteiger partial charge in [-0.25, -0.2) is 0 Å². The molecule has 4 nitrogen and oxygen atoms in total. The number of β-amino-alcohol motifs (C(OH)–C–C–N with tert-alkyl or cyclic N) is 1. The zero-order chi connectivity index (χ0) is 9.97. The van der Waals surface area contributed by atoms with Crippen molar-refractivity contribution in [2.45, 2.75) is 37.8 Å². The van der Waals surface area contributed by atoms with E-state index in [-0.39, 0.29) is 18.1 Å². The summed E-state index contributed by atoms with van der Waals surface area (Å²) in [7, 11) is 0. The highest BCUT2D eigenvalue weighted by Gasteiger charge is 2.30. The van der Waals surface area contributed by atoms with E-state index in [0.717, 1.165) is 32.4 Å². The van der Waals surface area contributed by atoms with Gasteiger partial charge in [-0.3, -0.25) is 4.79 Å². The summed E-state index contributed by atoms with van der Waals surface area (Å²) in [5.41, 5.74) is 0. The SMILES string of the molecule is O=C([C@H]1CCCCN1)N1CC[C@H](O)C1. The van der Waals surface area contributed by atoms with E-state index in [9.17, 15) is 9.90 Å². The van der Waals surface area contributed by atoms with Crippen LogP contribution in [0.3, 0.4) is 0 Å². The lowest BCUT2D eigenvalue weighted by atomic mass is 10.0. The van der Waals surface area contributed by atoms with Crippen molar-refractivity contribution in [3.63, 3.8) is 0 Å². The standard InChI is InChI=1S/C10H18N2O2/c13-8-4-6-12(7-8)10(14)9-3-1-2-5-11-9/h8-9,11,13H,1-7H2/t8-,9+/m0/s1. The summed E-state index contributed by atoms with van der Waals surface area (Å²) in [5, 5.41) is 12.6. The summed E-state index contributed by atoms with van der Waals surface area (Å²) < 4.78 is 0. The van der Waals surface area contributed by atoms with Crippen molar-refractivity contribution >= 4 is 5.91 Å². The molecule has 4 heteroatoms. The van der Waals surface area contributed by atoms with Crippen molar-refractivity contribution in [3.05, 3.63) is 0 Å². The molecular formula is C10H18N2O2. The first-order valence-corrected chi connectivity index (χ1v) is 5.47. The Hall–Kier alpha value is -0.610. The number of aliphatic hydroxyl groups is 1. The van der Waals surface area contributed by atoms with Crippen molar-refractivity contribution in [3.8, 4) is 0 Å². The van der Waals surface area contributed by atoms with Gasteiger partial charge in [0.05, 0.1) is 12.1 Å². The molecule has 0 saturated carbocycles. The smallest absolute Gasteiger partial charge is 0.239 e. The molecule has 0 aromatic carbocycles. The molecule has 0 spiro atoms. The van der Waals surface area contributed by atoms with Gasteiger partial charge in [0.25, 0.3) is 0 Å². The maximum atomic E-state index is 11.9. The fourth-order valence-corrected chi connectivity index (χ4v) is 2.22. The van der Waals surface area contributed by atoms with Crippen LogP contribution in [0.2, 0.25) is 0 Å². The number of carbonyl (C=O) groups excluding carboxylic acids is 1. The first-order valence-electron chi connectivity index (χ1n) is 5.47. The average molecular weight is 198 g/mol. The predicted octanol–water partition coefficient (Wildman–Crippen LogP) is -0.278. The third-order valence-corrected chi connectivity index (χ3v) is 3.08. The summed E-state index contributed by atoms with van der Waals surface area (Å²) >= 11 is 0. The molecule has 1 amide bonds. The Morgan fingerprint density at radius 3 is 2.79 bits per heavy atom. The van der Waals surface area contributed by atoms with E-state index in [4.69, 9.17) is 0 Å². The number of amides is 1. The molecule has 0 unspecified atom stereocenters. The molecule has 2 aliphatic rings. The molecule has 2 saturated heterocycles. The van der Waals surface area contributed by atoms with Crippen LogP contribution in [0.25, 0.3) is 0 Å². The van der Waals surface area contributed by atoms with E-state index in [0.29, 0.717) is 6.54 Å². The number of rotatable bonds is 1. The lowest BCUT2D eigenvalue weighted by Crippen LogP contribution is -2.48. The maximum absolute atomic E-state index is 11.9. The van der Waals surface area contributed by atoms with Gasteiger partial charge in [-0.2, -0.15) is 0 Å². The highest BCUT2D eigenvalue weighted by molar-refractivity contribution is 5.82. The van der Waals surface area contributed by atoms with Gasteiger partial charge in [0.15, 0.2) is 0 Å². The molecule has 0 radical (unpaired) electrons. The Morgan fingerprint density at radius 1 is 1.36 bits per heavy atom. The molecular weight excluding hydrogens is 180 g/mol. The molecule has 0 aliphatic carbocycles. The molecule has 0 bridgehead atoms. The Morgan fingerprint density at radius 2 is 2.21 bits per heavy atom. The number of nitrogens with one attached hydrogen (secondary N) is 1. The van der Waals surface area contributed by atoms with E-state index >= 15 is 0 Å². The monoisotopic (exact) mass is 198 g/mol. The van der Waals surface area contributed by atoms with Gasteiger partial charge in [-0.05, 0) is 25.8 Å². The van der Waals surface area contributed by atoms with Gasteiger partial charge in [0.2, 0.25) is 5.91 Å². The highest BCUT2D eigenvalue weighted by atomic mass is 16.3. The van der Waals surface area contributed by atoms with E-state index in [2.05, 4.69) is 5.32 Å². The number of carbonyl (C=O) groups is 1. The summed E-state index contributed by atoms with van der Waals surface area (Å²) in [6, 6.07) is 0.00838.